The van der Waals surface area contributed by atoms with Crippen molar-refractivity contribution in [3.8, 4) is 0 Å². The highest BCUT2D eigenvalue weighted by molar-refractivity contribution is 5.68. The second kappa shape index (κ2) is 1.96. The van der Waals surface area contributed by atoms with Crippen LogP contribution in [0.25, 0.3) is 0 Å². The van der Waals surface area contributed by atoms with Gasteiger partial charge < -0.3 is 10.3 Å². The van der Waals surface area contributed by atoms with Gasteiger partial charge >= 0.3 is 0 Å². The van der Waals surface area contributed by atoms with Gasteiger partial charge in [0.1, 0.15) is 12.4 Å². The van der Waals surface area contributed by atoms with Gasteiger partial charge in [0.05, 0.1) is 6.33 Å². The van der Waals surface area contributed by atoms with E-state index in [-0.39, 0.29) is 5.56 Å². The summed E-state index contributed by atoms with van der Waals surface area (Å²) in [6.45, 7) is 0.426. The van der Waals surface area contributed by atoms with Gasteiger partial charge in [0.15, 0.2) is 5.82 Å². The third-order valence-corrected chi connectivity index (χ3v) is 1.53. The molecular weight excluding hydrogens is 146 g/mol. The molecule has 58 valence electrons. The first-order valence-electron chi connectivity index (χ1n) is 3.13. The number of aromatic nitrogens is 2. The van der Waals surface area contributed by atoms with Crippen LogP contribution in [0.5, 0.6) is 0 Å². The molecule has 1 aromatic heterocycles. The number of rotatable bonds is 0. The van der Waals surface area contributed by atoms with Crippen molar-refractivity contribution in [2.75, 3.05) is 17.0 Å². The second-order valence-electron chi connectivity index (χ2n) is 2.23. The molecule has 2 rings (SSSR count). The molecule has 4 N–H and O–H groups in total. The molecule has 0 bridgehead atoms. The monoisotopic (exact) mass is 153 g/mol. The summed E-state index contributed by atoms with van der Waals surface area (Å²) >= 11 is 0. The first-order valence-corrected chi connectivity index (χ1v) is 3.13. The Labute approximate surface area is 62.0 Å². The van der Waals surface area contributed by atoms with Crippen molar-refractivity contribution < 1.29 is 0 Å². The SMILES string of the molecule is NN1CNc2c1nc[nH]c2=O. The fourth-order valence-corrected chi connectivity index (χ4v) is 1.01. The first kappa shape index (κ1) is 6.17. The summed E-state index contributed by atoms with van der Waals surface area (Å²) in [4.78, 5) is 17.3. The predicted octanol–water partition coefficient (Wildman–Crippen LogP) is -1.17. The molecule has 11 heavy (non-hydrogen) atoms. The van der Waals surface area contributed by atoms with E-state index in [1.54, 1.807) is 0 Å². The molecule has 0 radical (unpaired) electrons. The maximum atomic E-state index is 11.0. The number of hydrogen-bond donors (Lipinski definition) is 3. The summed E-state index contributed by atoms with van der Waals surface area (Å²) in [5, 5.41) is 4.19. The quantitative estimate of drug-likeness (QED) is 0.409. The van der Waals surface area contributed by atoms with Crippen molar-refractivity contribution in [1.82, 2.24) is 9.97 Å². The van der Waals surface area contributed by atoms with Gasteiger partial charge in [0.25, 0.3) is 5.56 Å². The van der Waals surface area contributed by atoms with E-state index < -0.39 is 0 Å². The van der Waals surface area contributed by atoms with Gasteiger partial charge in [-0.2, -0.15) is 0 Å². The summed E-state index contributed by atoms with van der Waals surface area (Å²) in [5.41, 5.74) is 0.248. The number of hydrazine groups is 1. The van der Waals surface area contributed by atoms with Gasteiger partial charge in [0.2, 0.25) is 0 Å². The minimum Gasteiger partial charge on any atom is -0.359 e. The van der Waals surface area contributed by atoms with Crippen LogP contribution in [0, 0.1) is 0 Å². The van der Waals surface area contributed by atoms with Crippen molar-refractivity contribution in [3.05, 3.63) is 16.7 Å². The lowest BCUT2D eigenvalue weighted by molar-refractivity contribution is 0.920. The van der Waals surface area contributed by atoms with E-state index in [0.717, 1.165) is 0 Å². The molecule has 0 fully saturated rings. The summed E-state index contributed by atoms with van der Waals surface area (Å²) in [7, 11) is 0. The van der Waals surface area contributed by atoms with E-state index in [0.29, 0.717) is 18.2 Å². The summed E-state index contributed by atoms with van der Waals surface area (Å²) in [6.07, 6.45) is 1.33. The van der Waals surface area contributed by atoms with E-state index >= 15 is 0 Å². The third-order valence-electron chi connectivity index (χ3n) is 1.53. The van der Waals surface area contributed by atoms with E-state index in [4.69, 9.17) is 5.84 Å². The summed E-state index contributed by atoms with van der Waals surface area (Å²) in [5.74, 6) is 5.96. The van der Waals surface area contributed by atoms with Crippen LogP contribution < -0.4 is 21.7 Å². The molecule has 2 heterocycles. The highest BCUT2D eigenvalue weighted by Crippen LogP contribution is 2.19. The van der Waals surface area contributed by atoms with Gasteiger partial charge in [-0.05, 0) is 0 Å². The third kappa shape index (κ3) is 0.761. The van der Waals surface area contributed by atoms with Crippen LogP contribution in [-0.4, -0.2) is 16.6 Å². The molecule has 1 aliphatic rings. The molecular formula is C5H7N5O. The Kier molecular flexibility index (Phi) is 1.10. The lowest BCUT2D eigenvalue weighted by Gasteiger charge is -2.05. The van der Waals surface area contributed by atoms with Crippen molar-refractivity contribution in [2.24, 2.45) is 5.84 Å². The van der Waals surface area contributed by atoms with Crippen LogP contribution in [0.3, 0.4) is 0 Å². The maximum absolute atomic E-state index is 11.0. The number of hydrogen-bond acceptors (Lipinski definition) is 5. The number of nitrogens with two attached hydrogens (primary N) is 1. The molecule has 6 nitrogen and oxygen atoms in total. The van der Waals surface area contributed by atoms with Crippen LogP contribution in [0.1, 0.15) is 0 Å². The molecule has 0 aliphatic carbocycles. The number of nitrogens with zero attached hydrogens (tertiary/aromatic N) is 2. The fraction of sp³-hybridized carbons (Fsp3) is 0.200. The van der Waals surface area contributed by atoms with Gasteiger partial charge in [-0.15, -0.1) is 0 Å². The Morgan fingerprint density at radius 3 is 3.27 bits per heavy atom. The predicted molar refractivity (Wildman–Crippen MR) is 40.0 cm³/mol. The topological polar surface area (TPSA) is 87.0 Å². The zero-order valence-electron chi connectivity index (χ0n) is 5.66. The highest BCUT2D eigenvalue weighted by atomic mass is 16.1. The summed E-state index contributed by atoms with van der Waals surface area (Å²) in [6, 6.07) is 0. The minimum absolute atomic E-state index is 0.192. The Hall–Kier alpha value is -1.56. The Morgan fingerprint density at radius 1 is 1.73 bits per heavy atom. The Bertz CT molecular complexity index is 332. The molecule has 0 aromatic carbocycles. The molecule has 1 aromatic rings. The zero-order chi connectivity index (χ0) is 7.84. The number of aromatic amines is 1. The van der Waals surface area contributed by atoms with Crippen molar-refractivity contribution >= 4 is 11.5 Å². The molecule has 0 atom stereocenters. The van der Waals surface area contributed by atoms with Crippen LogP contribution >= 0.6 is 0 Å². The van der Waals surface area contributed by atoms with Gasteiger partial charge in [0, 0.05) is 0 Å². The van der Waals surface area contributed by atoms with E-state index in [9.17, 15) is 4.79 Å². The average molecular weight is 153 g/mol. The number of nitrogens with one attached hydrogen (secondary N) is 2. The van der Waals surface area contributed by atoms with Crippen LogP contribution in [0.2, 0.25) is 0 Å². The molecule has 1 aliphatic heterocycles. The van der Waals surface area contributed by atoms with Crippen molar-refractivity contribution in [2.45, 2.75) is 0 Å². The van der Waals surface area contributed by atoms with Gasteiger partial charge in [-0.1, -0.05) is 0 Å². The van der Waals surface area contributed by atoms with Gasteiger partial charge in [-0.3, -0.25) is 9.80 Å². The van der Waals surface area contributed by atoms with E-state index in [1.165, 1.54) is 11.3 Å². The molecule has 0 spiro atoms. The molecule has 0 saturated heterocycles. The number of fused-ring (bicyclic) bond motifs is 1. The lowest BCUT2D eigenvalue weighted by Crippen LogP contribution is -2.30. The second-order valence-corrected chi connectivity index (χ2v) is 2.23. The smallest absolute Gasteiger partial charge is 0.276 e. The fourth-order valence-electron chi connectivity index (χ4n) is 1.01. The normalized spacial score (nSPS) is 14.5. The first-order chi connectivity index (χ1) is 5.29. The van der Waals surface area contributed by atoms with Crippen molar-refractivity contribution in [3.63, 3.8) is 0 Å². The maximum Gasteiger partial charge on any atom is 0.276 e. The van der Waals surface area contributed by atoms with Crippen molar-refractivity contribution in [1.29, 1.82) is 0 Å². The minimum atomic E-state index is -0.192. The molecule has 0 saturated carbocycles. The van der Waals surface area contributed by atoms with Crippen LogP contribution in [0.4, 0.5) is 11.5 Å². The number of anilines is 2. The van der Waals surface area contributed by atoms with Crippen LogP contribution in [0.15, 0.2) is 11.1 Å². The van der Waals surface area contributed by atoms with E-state index in [2.05, 4.69) is 15.3 Å². The standard InChI is InChI=1S/C5H7N5O/c6-10-2-9-3-4(10)7-1-8-5(3)11/h1,9H,2,6H2,(H,7,8,11). The Balaban J connectivity index is 2.66. The molecule has 6 heteroatoms. The summed E-state index contributed by atoms with van der Waals surface area (Å²) < 4.78 is 0. The highest BCUT2D eigenvalue weighted by Gasteiger charge is 2.19. The van der Waals surface area contributed by atoms with Crippen LogP contribution in [-0.2, 0) is 0 Å². The van der Waals surface area contributed by atoms with E-state index in [1.807, 2.05) is 0 Å². The lowest BCUT2D eigenvalue weighted by atomic mass is 10.5. The largest absolute Gasteiger partial charge is 0.359 e. The molecule has 0 unspecified atom stereocenters. The Morgan fingerprint density at radius 2 is 2.55 bits per heavy atom. The van der Waals surface area contributed by atoms with Gasteiger partial charge in [-0.25, -0.2) is 10.8 Å². The number of H-pyrrole nitrogens is 1. The zero-order valence-corrected chi connectivity index (χ0v) is 5.66. The average Bonchev–Trinajstić information content (AvgIpc) is 2.35. The molecule has 0 amide bonds.